The highest BCUT2D eigenvalue weighted by Gasteiger charge is 2.20. The Kier molecular flexibility index (Phi) is 5.85. The first-order chi connectivity index (χ1) is 14.5. The molecule has 0 radical (unpaired) electrons. The zero-order valence-corrected chi connectivity index (χ0v) is 18.7. The third-order valence-electron chi connectivity index (χ3n) is 6.59. The third-order valence-corrected chi connectivity index (χ3v) is 6.59. The Bertz CT molecular complexity index is 1040. The summed E-state index contributed by atoms with van der Waals surface area (Å²) in [5, 5.41) is 4.30. The van der Waals surface area contributed by atoms with Gasteiger partial charge >= 0.3 is 0 Å². The number of amides is 1. The maximum Gasteiger partial charge on any atom is 0.272 e. The lowest BCUT2D eigenvalue weighted by Crippen LogP contribution is -2.32. The molecule has 0 unspecified atom stereocenters. The van der Waals surface area contributed by atoms with E-state index in [-0.39, 0.29) is 5.91 Å². The van der Waals surface area contributed by atoms with E-state index in [2.05, 4.69) is 72.8 Å². The second kappa shape index (κ2) is 8.55. The molecule has 0 saturated carbocycles. The van der Waals surface area contributed by atoms with Gasteiger partial charge in [0.1, 0.15) is 5.69 Å². The van der Waals surface area contributed by atoms with Gasteiger partial charge in [-0.2, -0.15) is 0 Å². The van der Waals surface area contributed by atoms with E-state index in [1.54, 1.807) is 0 Å². The molecular formula is C26H33N3O. The van der Waals surface area contributed by atoms with Crippen LogP contribution < -0.4 is 10.2 Å². The Hall–Kier alpha value is -2.75. The summed E-state index contributed by atoms with van der Waals surface area (Å²) in [5.41, 5.74) is 6.33. The minimum Gasteiger partial charge on any atom is -0.372 e. The SMILES string of the molecule is CCc1ccc2c(c1)c(C)c(C(=O)Nc1ccc(N3CCC(C)CC3)cc1)n2CC. The van der Waals surface area contributed by atoms with Gasteiger partial charge in [0.25, 0.3) is 5.91 Å². The van der Waals surface area contributed by atoms with Gasteiger partial charge < -0.3 is 14.8 Å². The summed E-state index contributed by atoms with van der Waals surface area (Å²) in [6, 6.07) is 14.8. The van der Waals surface area contributed by atoms with Gasteiger partial charge in [0.15, 0.2) is 0 Å². The molecule has 1 amide bonds. The average molecular weight is 404 g/mol. The van der Waals surface area contributed by atoms with E-state index in [4.69, 9.17) is 0 Å². The fourth-order valence-electron chi connectivity index (χ4n) is 4.62. The summed E-state index contributed by atoms with van der Waals surface area (Å²) in [6.45, 7) is 11.6. The maximum absolute atomic E-state index is 13.2. The van der Waals surface area contributed by atoms with Crippen molar-refractivity contribution in [1.29, 1.82) is 0 Å². The first-order valence-electron chi connectivity index (χ1n) is 11.3. The molecule has 4 nitrogen and oxygen atoms in total. The Labute approximate surface area is 179 Å². The van der Waals surface area contributed by atoms with Crippen molar-refractivity contribution >= 4 is 28.2 Å². The highest BCUT2D eigenvalue weighted by Crippen LogP contribution is 2.29. The van der Waals surface area contributed by atoms with Crippen molar-refractivity contribution in [2.24, 2.45) is 5.92 Å². The minimum atomic E-state index is -0.0388. The molecular weight excluding hydrogens is 370 g/mol. The predicted octanol–water partition coefficient (Wildman–Crippen LogP) is 6.02. The smallest absolute Gasteiger partial charge is 0.272 e. The van der Waals surface area contributed by atoms with Gasteiger partial charge in [0, 0.05) is 41.9 Å². The van der Waals surface area contributed by atoms with Crippen molar-refractivity contribution < 1.29 is 4.79 Å². The summed E-state index contributed by atoms with van der Waals surface area (Å²) in [7, 11) is 0. The van der Waals surface area contributed by atoms with Crippen molar-refractivity contribution in [2.45, 2.75) is 53.5 Å². The number of benzene rings is 2. The monoisotopic (exact) mass is 403 g/mol. The summed E-state index contributed by atoms with van der Waals surface area (Å²) in [6.07, 6.45) is 3.49. The van der Waals surface area contributed by atoms with Gasteiger partial charge in [-0.05, 0) is 86.6 Å². The van der Waals surface area contributed by atoms with Crippen LogP contribution in [-0.4, -0.2) is 23.6 Å². The Balaban J connectivity index is 1.56. The Morgan fingerprint density at radius 2 is 1.77 bits per heavy atom. The van der Waals surface area contributed by atoms with E-state index < -0.39 is 0 Å². The van der Waals surface area contributed by atoms with Gasteiger partial charge in [0.05, 0.1) is 0 Å². The van der Waals surface area contributed by atoms with Crippen LogP contribution in [0, 0.1) is 12.8 Å². The number of hydrogen-bond acceptors (Lipinski definition) is 2. The quantitative estimate of drug-likeness (QED) is 0.565. The number of hydrogen-bond donors (Lipinski definition) is 1. The summed E-state index contributed by atoms with van der Waals surface area (Å²) in [5.74, 6) is 0.782. The van der Waals surface area contributed by atoms with Crippen LogP contribution in [0.2, 0.25) is 0 Å². The van der Waals surface area contributed by atoms with Crippen LogP contribution in [0.4, 0.5) is 11.4 Å². The van der Waals surface area contributed by atoms with E-state index in [9.17, 15) is 4.79 Å². The molecule has 4 rings (SSSR count). The van der Waals surface area contributed by atoms with Crippen LogP contribution in [0.3, 0.4) is 0 Å². The molecule has 0 bridgehead atoms. The topological polar surface area (TPSA) is 37.3 Å². The zero-order chi connectivity index (χ0) is 21.3. The van der Waals surface area contributed by atoms with Crippen LogP contribution in [0.15, 0.2) is 42.5 Å². The number of fused-ring (bicyclic) bond motifs is 1. The number of carbonyl (C=O) groups is 1. The molecule has 0 spiro atoms. The highest BCUT2D eigenvalue weighted by molar-refractivity contribution is 6.08. The average Bonchev–Trinajstić information content (AvgIpc) is 3.06. The lowest BCUT2D eigenvalue weighted by Gasteiger charge is -2.32. The van der Waals surface area contributed by atoms with Gasteiger partial charge in [-0.3, -0.25) is 4.79 Å². The lowest BCUT2D eigenvalue weighted by molar-refractivity contribution is 0.101. The number of nitrogens with zero attached hydrogens (tertiary/aromatic N) is 2. The largest absolute Gasteiger partial charge is 0.372 e. The number of piperidine rings is 1. The molecule has 1 N–H and O–H groups in total. The zero-order valence-electron chi connectivity index (χ0n) is 18.7. The van der Waals surface area contributed by atoms with E-state index in [1.165, 1.54) is 29.5 Å². The molecule has 158 valence electrons. The molecule has 30 heavy (non-hydrogen) atoms. The second-order valence-corrected chi connectivity index (χ2v) is 8.59. The number of nitrogens with one attached hydrogen (secondary N) is 1. The number of carbonyl (C=O) groups excluding carboxylic acids is 1. The van der Waals surface area contributed by atoms with Crippen LogP contribution in [0.1, 0.15) is 55.2 Å². The fourth-order valence-corrected chi connectivity index (χ4v) is 4.62. The Morgan fingerprint density at radius 1 is 1.07 bits per heavy atom. The summed E-state index contributed by atoms with van der Waals surface area (Å²) < 4.78 is 2.13. The molecule has 0 atom stereocenters. The summed E-state index contributed by atoms with van der Waals surface area (Å²) >= 11 is 0. The van der Waals surface area contributed by atoms with Crippen LogP contribution in [0.25, 0.3) is 10.9 Å². The first-order valence-corrected chi connectivity index (χ1v) is 11.3. The summed E-state index contributed by atoms with van der Waals surface area (Å²) in [4.78, 5) is 15.7. The van der Waals surface area contributed by atoms with E-state index in [0.29, 0.717) is 0 Å². The van der Waals surface area contributed by atoms with Crippen LogP contribution in [0.5, 0.6) is 0 Å². The first kappa shape index (κ1) is 20.5. The molecule has 1 aliphatic heterocycles. The minimum absolute atomic E-state index is 0.0388. The third kappa shape index (κ3) is 3.83. The Morgan fingerprint density at radius 3 is 2.40 bits per heavy atom. The maximum atomic E-state index is 13.2. The van der Waals surface area contributed by atoms with Gasteiger partial charge in [-0.15, -0.1) is 0 Å². The van der Waals surface area contributed by atoms with E-state index in [0.717, 1.165) is 54.4 Å². The molecule has 1 aromatic heterocycles. The molecule has 2 heterocycles. The van der Waals surface area contributed by atoms with Gasteiger partial charge in [-0.1, -0.05) is 19.9 Å². The molecule has 4 heteroatoms. The van der Waals surface area contributed by atoms with Crippen molar-refractivity contribution in [3.8, 4) is 0 Å². The standard InChI is InChI=1S/C26H33N3O/c1-5-20-7-12-24-23(17-20)19(4)25(29(24)6-2)26(30)27-21-8-10-22(11-9-21)28-15-13-18(3)14-16-28/h7-12,17-18H,5-6,13-16H2,1-4H3,(H,27,30). The normalized spacial score (nSPS) is 15.0. The van der Waals surface area contributed by atoms with Crippen molar-refractivity contribution in [1.82, 2.24) is 4.57 Å². The fraction of sp³-hybridized carbons (Fsp3) is 0.423. The second-order valence-electron chi connectivity index (χ2n) is 8.59. The van der Waals surface area contributed by atoms with Crippen molar-refractivity contribution in [3.05, 3.63) is 59.3 Å². The van der Waals surface area contributed by atoms with Crippen molar-refractivity contribution in [3.63, 3.8) is 0 Å². The molecule has 0 aliphatic carbocycles. The molecule has 1 aliphatic rings. The van der Waals surface area contributed by atoms with Crippen LogP contribution >= 0.6 is 0 Å². The van der Waals surface area contributed by atoms with Gasteiger partial charge in [0.2, 0.25) is 0 Å². The van der Waals surface area contributed by atoms with E-state index >= 15 is 0 Å². The molecule has 1 saturated heterocycles. The number of anilines is 2. The number of aromatic nitrogens is 1. The molecule has 1 fully saturated rings. The van der Waals surface area contributed by atoms with Gasteiger partial charge in [-0.25, -0.2) is 0 Å². The highest BCUT2D eigenvalue weighted by atomic mass is 16.2. The van der Waals surface area contributed by atoms with Crippen LogP contribution in [-0.2, 0) is 13.0 Å². The molecule has 2 aromatic carbocycles. The number of aryl methyl sites for hydroxylation is 3. The molecule has 3 aromatic rings. The van der Waals surface area contributed by atoms with Crippen molar-refractivity contribution in [2.75, 3.05) is 23.3 Å². The lowest BCUT2D eigenvalue weighted by atomic mass is 9.99. The number of rotatable bonds is 5. The predicted molar refractivity (Wildman–Crippen MR) is 127 cm³/mol. The van der Waals surface area contributed by atoms with E-state index in [1.807, 2.05) is 12.1 Å².